The number of nitrogens with zero attached hydrogens (tertiary/aromatic N) is 1. The molecular formula is C22H18F3N3O3. The third-order valence-electron chi connectivity index (χ3n) is 4.12. The smallest absolute Gasteiger partial charge is 0.416 e. The van der Waals surface area contributed by atoms with Gasteiger partial charge < -0.3 is 15.4 Å². The van der Waals surface area contributed by atoms with Gasteiger partial charge in [-0.3, -0.25) is 9.59 Å². The number of hydrogen-bond donors (Lipinski definition) is 2. The summed E-state index contributed by atoms with van der Waals surface area (Å²) in [6.45, 7) is 1.47. The first-order chi connectivity index (χ1) is 14.7. The number of pyridine rings is 1. The molecule has 0 aliphatic heterocycles. The van der Waals surface area contributed by atoms with E-state index in [4.69, 9.17) is 4.74 Å². The van der Waals surface area contributed by atoms with Crippen LogP contribution in [-0.4, -0.2) is 23.4 Å². The van der Waals surface area contributed by atoms with E-state index in [2.05, 4.69) is 15.6 Å². The number of amides is 2. The van der Waals surface area contributed by atoms with Crippen LogP contribution in [-0.2, 0) is 11.0 Å². The molecule has 9 heteroatoms. The van der Waals surface area contributed by atoms with Crippen LogP contribution in [0.15, 0.2) is 66.9 Å². The van der Waals surface area contributed by atoms with E-state index in [0.717, 1.165) is 17.7 Å². The van der Waals surface area contributed by atoms with Crippen molar-refractivity contribution < 1.29 is 27.5 Å². The third-order valence-corrected chi connectivity index (χ3v) is 4.12. The third kappa shape index (κ3) is 6.30. The number of aryl methyl sites for hydroxylation is 1. The minimum Gasteiger partial charge on any atom is -0.484 e. The standard InChI is InChI=1S/C22H18F3N3O3/c1-14-9-10-26-19(11-14)28-21(30)15-5-7-18(8-6-15)31-13-20(29)27-17-4-2-3-16(12-17)22(23,24)25/h2-12H,13H2,1H3,(H,27,29)(H,26,28,30). The minimum atomic E-state index is -4.50. The van der Waals surface area contributed by atoms with E-state index in [9.17, 15) is 22.8 Å². The molecule has 0 unspecified atom stereocenters. The molecule has 6 nitrogen and oxygen atoms in total. The number of carbonyl (C=O) groups excluding carboxylic acids is 2. The van der Waals surface area contributed by atoms with Gasteiger partial charge in [-0.05, 0) is 67.1 Å². The molecule has 0 bridgehead atoms. The second-order valence-electron chi connectivity index (χ2n) is 6.61. The molecule has 0 spiro atoms. The van der Waals surface area contributed by atoms with Crippen LogP contribution in [0.4, 0.5) is 24.7 Å². The number of rotatable bonds is 6. The highest BCUT2D eigenvalue weighted by atomic mass is 19.4. The fraction of sp³-hybridized carbons (Fsp3) is 0.136. The van der Waals surface area contributed by atoms with Gasteiger partial charge in [0.2, 0.25) is 0 Å². The average Bonchev–Trinajstić information content (AvgIpc) is 2.72. The molecule has 1 aromatic heterocycles. The maximum absolute atomic E-state index is 12.7. The van der Waals surface area contributed by atoms with E-state index < -0.39 is 24.3 Å². The Morgan fingerprint density at radius 3 is 2.42 bits per heavy atom. The first kappa shape index (κ1) is 21.8. The number of hydrogen-bond acceptors (Lipinski definition) is 4. The Morgan fingerprint density at radius 1 is 1.00 bits per heavy atom. The lowest BCUT2D eigenvalue weighted by Gasteiger charge is -2.11. The normalized spacial score (nSPS) is 11.0. The SMILES string of the molecule is Cc1ccnc(NC(=O)c2ccc(OCC(=O)Nc3cccc(C(F)(F)F)c3)cc2)c1. The van der Waals surface area contributed by atoms with Gasteiger partial charge in [0.15, 0.2) is 6.61 Å². The van der Waals surface area contributed by atoms with Crippen LogP contribution in [0.25, 0.3) is 0 Å². The van der Waals surface area contributed by atoms with Gasteiger partial charge in [-0.15, -0.1) is 0 Å². The Kier molecular flexibility index (Phi) is 6.54. The van der Waals surface area contributed by atoms with Crippen molar-refractivity contribution in [2.24, 2.45) is 0 Å². The Balaban J connectivity index is 1.53. The molecule has 2 amide bonds. The maximum atomic E-state index is 12.7. The zero-order valence-corrected chi connectivity index (χ0v) is 16.4. The summed E-state index contributed by atoms with van der Waals surface area (Å²) in [6.07, 6.45) is -2.91. The number of ether oxygens (including phenoxy) is 1. The second-order valence-corrected chi connectivity index (χ2v) is 6.61. The fourth-order valence-corrected chi connectivity index (χ4v) is 2.61. The van der Waals surface area contributed by atoms with Gasteiger partial charge in [0.25, 0.3) is 11.8 Å². The van der Waals surface area contributed by atoms with Crippen molar-refractivity contribution in [1.82, 2.24) is 4.98 Å². The topological polar surface area (TPSA) is 80.3 Å². The van der Waals surface area contributed by atoms with E-state index >= 15 is 0 Å². The first-order valence-electron chi connectivity index (χ1n) is 9.15. The quantitative estimate of drug-likeness (QED) is 0.596. The zero-order chi connectivity index (χ0) is 22.4. The van der Waals surface area contributed by atoms with Crippen LogP contribution in [0.1, 0.15) is 21.5 Å². The molecule has 0 radical (unpaired) electrons. The van der Waals surface area contributed by atoms with Crippen molar-refractivity contribution >= 4 is 23.3 Å². The minimum absolute atomic E-state index is 0.0141. The number of carbonyl (C=O) groups is 2. The Labute approximate surface area is 176 Å². The molecule has 0 saturated carbocycles. The van der Waals surface area contributed by atoms with E-state index in [-0.39, 0.29) is 11.6 Å². The van der Waals surface area contributed by atoms with E-state index in [0.29, 0.717) is 17.1 Å². The molecule has 3 aromatic rings. The molecule has 0 fully saturated rings. The molecule has 2 aromatic carbocycles. The van der Waals surface area contributed by atoms with E-state index in [1.807, 2.05) is 13.0 Å². The summed E-state index contributed by atoms with van der Waals surface area (Å²) in [7, 11) is 0. The van der Waals surface area contributed by atoms with E-state index in [1.54, 1.807) is 12.3 Å². The highest BCUT2D eigenvalue weighted by Gasteiger charge is 2.30. The summed E-state index contributed by atoms with van der Waals surface area (Å²) < 4.78 is 43.5. The van der Waals surface area contributed by atoms with Gasteiger partial charge in [0.1, 0.15) is 11.6 Å². The molecule has 3 rings (SSSR count). The van der Waals surface area contributed by atoms with Crippen molar-refractivity contribution in [3.05, 3.63) is 83.6 Å². The maximum Gasteiger partial charge on any atom is 0.416 e. The highest BCUT2D eigenvalue weighted by Crippen LogP contribution is 2.30. The number of halogens is 3. The van der Waals surface area contributed by atoms with Gasteiger partial charge in [0.05, 0.1) is 5.56 Å². The number of benzene rings is 2. The van der Waals surface area contributed by atoms with Crippen LogP contribution in [0.5, 0.6) is 5.75 Å². The van der Waals surface area contributed by atoms with Crippen LogP contribution in [0.2, 0.25) is 0 Å². The average molecular weight is 429 g/mol. The summed E-state index contributed by atoms with van der Waals surface area (Å²) >= 11 is 0. The zero-order valence-electron chi connectivity index (χ0n) is 16.4. The molecule has 2 N–H and O–H groups in total. The molecule has 1 heterocycles. The first-order valence-corrected chi connectivity index (χ1v) is 9.15. The van der Waals surface area contributed by atoms with Gasteiger partial charge in [-0.1, -0.05) is 6.07 Å². The lowest BCUT2D eigenvalue weighted by atomic mass is 10.2. The molecule has 0 aliphatic rings. The Hall–Kier alpha value is -3.88. The lowest BCUT2D eigenvalue weighted by Crippen LogP contribution is -2.20. The van der Waals surface area contributed by atoms with Crippen molar-refractivity contribution in [3.63, 3.8) is 0 Å². The van der Waals surface area contributed by atoms with Crippen molar-refractivity contribution in [3.8, 4) is 5.75 Å². The van der Waals surface area contributed by atoms with Gasteiger partial charge in [-0.25, -0.2) is 4.98 Å². The molecule has 31 heavy (non-hydrogen) atoms. The van der Waals surface area contributed by atoms with Crippen LogP contribution < -0.4 is 15.4 Å². The van der Waals surface area contributed by atoms with Crippen molar-refractivity contribution in [2.75, 3.05) is 17.2 Å². The summed E-state index contributed by atoms with van der Waals surface area (Å²) in [6, 6.07) is 13.9. The van der Waals surface area contributed by atoms with Crippen LogP contribution >= 0.6 is 0 Å². The fourth-order valence-electron chi connectivity index (χ4n) is 2.61. The van der Waals surface area contributed by atoms with E-state index in [1.165, 1.54) is 36.4 Å². The number of nitrogens with one attached hydrogen (secondary N) is 2. The largest absolute Gasteiger partial charge is 0.484 e. The Bertz CT molecular complexity index is 1080. The molecular weight excluding hydrogens is 411 g/mol. The predicted octanol–water partition coefficient (Wildman–Crippen LogP) is 4.68. The van der Waals surface area contributed by atoms with Gasteiger partial charge >= 0.3 is 6.18 Å². The second kappa shape index (κ2) is 9.29. The summed E-state index contributed by atoms with van der Waals surface area (Å²) in [5.74, 6) is -0.223. The lowest BCUT2D eigenvalue weighted by molar-refractivity contribution is -0.137. The number of alkyl halides is 3. The number of aromatic nitrogens is 1. The Morgan fingerprint density at radius 2 is 1.74 bits per heavy atom. The molecule has 160 valence electrons. The molecule has 0 aliphatic carbocycles. The van der Waals surface area contributed by atoms with Crippen molar-refractivity contribution in [2.45, 2.75) is 13.1 Å². The summed E-state index contributed by atoms with van der Waals surface area (Å²) in [5.41, 5.74) is 0.475. The van der Waals surface area contributed by atoms with Gasteiger partial charge in [-0.2, -0.15) is 13.2 Å². The molecule has 0 saturated heterocycles. The van der Waals surface area contributed by atoms with Crippen LogP contribution in [0, 0.1) is 6.92 Å². The monoisotopic (exact) mass is 429 g/mol. The summed E-state index contributed by atoms with van der Waals surface area (Å²) in [5, 5.41) is 5.03. The summed E-state index contributed by atoms with van der Waals surface area (Å²) in [4.78, 5) is 28.3. The number of anilines is 2. The highest BCUT2D eigenvalue weighted by molar-refractivity contribution is 6.03. The van der Waals surface area contributed by atoms with Gasteiger partial charge in [0, 0.05) is 17.4 Å². The van der Waals surface area contributed by atoms with Crippen molar-refractivity contribution in [1.29, 1.82) is 0 Å². The van der Waals surface area contributed by atoms with Crippen LogP contribution in [0.3, 0.4) is 0 Å². The predicted molar refractivity (Wildman–Crippen MR) is 109 cm³/mol. The molecule has 0 atom stereocenters.